The molecule has 1 aromatic carbocycles. The van der Waals surface area contributed by atoms with Crippen LogP contribution in [0.5, 0.6) is 0 Å². The van der Waals surface area contributed by atoms with Crippen LogP contribution in [0, 0.1) is 5.82 Å². The summed E-state index contributed by atoms with van der Waals surface area (Å²) >= 11 is 3.41. The van der Waals surface area contributed by atoms with Crippen LogP contribution in [0.4, 0.5) is 10.2 Å². The lowest BCUT2D eigenvalue weighted by Gasteiger charge is -2.09. The molecule has 100 valence electrons. The second-order valence-electron chi connectivity index (χ2n) is 4.08. The number of nitrogens with one attached hydrogen (secondary N) is 1. The molecule has 5 heteroatoms. The quantitative estimate of drug-likeness (QED) is 0.922. The van der Waals surface area contributed by atoms with Crippen LogP contribution in [0.3, 0.4) is 0 Å². The summed E-state index contributed by atoms with van der Waals surface area (Å²) in [7, 11) is 0. The minimum Gasteiger partial charge on any atom is -0.370 e. The van der Waals surface area contributed by atoms with Gasteiger partial charge in [-0.3, -0.25) is 0 Å². The summed E-state index contributed by atoms with van der Waals surface area (Å²) in [5, 5.41) is 3.17. The van der Waals surface area contributed by atoms with Crippen LogP contribution in [0.15, 0.2) is 28.7 Å². The number of hydrogen-bond donors (Lipinski definition) is 1. The monoisotopic (exact) mass is 323 g/mol. The second-order valence-corrected chi connectivity index (χ2v) is 4.93. The third kappa shape index (κ3) is 3.29. The number of benzene rings is 1. The third-order valence-electron chi connectivity index (χ3n) is 2.67. The van der Waals surface area contributed by atoms with Gasteiger partial charge in [0.25, 0.3) is 0 Å². The van der Waals surface area contributed by atoms with Crippen molar-refractivity contribution < 1.29 is 4.39 Å². The van der Waals surface area contributed by atoms with E-state index in [0.717, 1.165) is 29.0 Å². The molecule has 0 saturated heterocycles. The largest absolute Gasteiger partial charge is 0.370 e. The van der Waals surface area contributed by atoms with E-state index in [1.165, 1.54) is 12.1 Å². The fraction of sp³-hybridized carbons (Fsp3) is 0.286. The maximum atomic E-state index is 13.4. The molecule has 0 spiro atoms. The van der Waals surface area contributed by atoms with Gasteiger partial charge in [-0.1, -0.05) is 22.9 Å². The molecule has 2 aromatic rings. The van der Waals surface area contributed by atoms with E-state index >= 15 is 0 Å². The Morgan fingerprint density at radius 2 is 2.00 bits per heavy atom. The zero-order chi connectivity index (χ0) is 13.8. The number of anilines is 1. The van der Waals surface area contributed by atoms with Gasteiger partial charge in [0.1, 0.15) is 11.6 Å². The van der Waals surface area contributed by atoms with Gasteiger partial charge >= 0.3 is 0 Å². The summed E-state index contributed by atoms with van der Waals surface area (Å²) < 4.78 is 14.2. The lowest BCUT2D eigenvalue weighted by atomic mass is 10.2. The Morgan fingerprint density at radius 1 is 1.21 bits per heavy atom. The highest BCUT2D eigenvalue weighted by molar-refractivity contribution is 9.10. The SMILES string of the molecule is CCNc1cc(CC)nc(-c2cc(F)ccc2Br)n1. The summed E-state index contributed by atoms with van der Waals surface area (Å²) in [5.74, 6) is 0.996. The van der Waals surface area contributed by atoms with Crippen LogP contribution in [-0.2, 0) is 6.42 Å². The molecule has 0 saturated carbocycles. The molecular formula is C14H15BrFN3. The van der Waals surface area contributed by atoms with Crippen molar-refractivity contribution in [2.75, 3.05) is 11.9 Å². The van der Waals surface area contributed by atoms with Crippen LogP contribution in [0.25, 0.3) is 11.4 Å². The molecule has 0 unspecified atom stereocenters. The molecule has 19 heavy (non-hydrogen) atoms. The van der Waals surface area contributed by atoms with Gasteiger partial charge < -0.3 is 5.32 Å². The standard InChI is InChI=1S/C14H15BrFN3/c1-3-10-8-13(17-4-2)19-14(18-10)11-7-9(16)5-6-12(11)15/h5-8H,3-4H2,1-2H3,(H,17,18,19). The van der Waals surface area contributed by atoms with Crippen LogP contribution in [0.2, 0.25) is 0 Å². The molecule has 0 bridgehead atoms. The fourth-order valence-corrected chi connectivity index (χ4v) is 2.16. The second kappa shape index (κ2) is 6.10. The summed E-state index contributed by atoms with van der Waals surface area (Å²) in [6, 6.07) is 6.43. The zero-order valence-corrected chi connectivity index (χ0v) is 12.5. The van der Waals surface area contributed by atoms with Crippen molar-refractivity contribution in [3.05, 3.63) is 40.2 Å². The molecular weight excluding hydrogens is 309 g/mol. The van der Waals surface area contributed by atoms with Gasteiger partial charge in [0.05, 0.1) is 0 Å². The number of halogens is 2. The molecule has 1 heterocycles. The van der Waals surface area contributed by atoms with E-state index < -0.39 is 0 Å². The first-order chi connectivity index (χ1) is 9.13. The molecule has 0 atom stereocenters. The summed E-state index contributed by atoms with van der Waals surface area (Å²) in [4.78, 5) is 8.88. The highest BCUT2D eigenvalue weighted by atomic mass is 79.9. The fourth-order valence-electron chi connectivity index (χ4n) is 1.74. The summed E-state index contributed by atoms with van der Waals surface area (Å²) in [6.45, 7) is 4.82. The Balaban J connectivity index is 2.54. The van der Waals surface area contributed by atoms with E-state index in [1.54, 1.807) is 6.07 Å². The smallest absolute Gasteiger partial charge is 0.162 e. The molecule has 1 aromatic heterocycles. The van der Waals surface area contributed by atoms with Crippen LogP contribution in [-0.4, -0.2) is 16.5 Å². The van der Waals surface area contributed by atoms with Gasteiger partial charge in [-0.15, -0.1) is 0 Å². The van der Waals surface area contributed by atoms with Crippen molar-refractivity contribution in [1.82, 2.24) is 9.97 Å². The highest BCUT2D eigenvalue weighted by Crippen LogP contribution is 2.27. The van der Waals surface area contributed by atoms with Crippen LogP contribution in [0.1, 0.15) is 19.5 Å². The molecule has 2 rings (SSSR count). The average Bonchev–Trinajstić information content (AvgIpc) is 2.41. The van der Waals surface area contributed by atoms with Crippen molar-refractivity contribution in [2.45, 2.75) is 20.3 Å². The normalized spacial score (nSPS) is 10.5. The van der Waals surface area contributed by atoms with Crippen molar-refractivity contribution in [1.29, 1.82) is 0 Å². The predicted octanol–water partition coefficient (Wildman–Crippen LogP) is 4.04. The molecule has 0 aliphatic carbocycles. The van der Waals surface area contributed by atoms with Crippen LogP contribution >= 0.6 is 15.9 Å². The van der Waals surface area contributed by atoms with E-state index in [1.807, 2.05) is 19.9 Å². The van der Waals surface area contributed by atoms with Crippen molar-refractivity contribution in [3.8, 4) is 11.4 Å². The Kier molecular flexibility index (Phi) is 4.47. The summed E-state index contributed by atoms with van der Waals surface area (Å²) in [6.07, 6.45) is 0.806. The van der Waals surface area contributed by atoms with E-state index in [2.05, 4.69) is 31.2 Å². The molecule has 1 N–H and O–H groups in total. The van der Waals surface area contributed by atoms with Crippen molar-refractivity contribution in [2.24, 2.45) is 0 Å². The molecule has 0 fully saturated rings. The Labute approximate surface area is 120 Å². The minimum absolute atomic E-state index is 0.297. The number of aryl methyl sites for hydroxylation is 1. The van der Waals surface area contributed by atoms with Gasteiger partial charge in [0, 0.05) is 28.3 Å². The maximum absolute atomic E-state index is 13.4. The van der Waals surface area contributed by atoms with Gasteiger partial charge in [0.2, 0.25) is 0 Å². The van der Waals surface area contributed by atoms with Gasteiger partial charge in [-0.25, -0.2) is 14.4 Å². The first kappa shape index (κ1) is 13.9. The first-order valence-electron chi connectivity index (χ1n) is 6.21. The first-order valence-corrected chi connectivity index (χ1v) is 7.00. The molecule has 0 aliphatic rings. The van der Waals surface area contributed by atoms with Crippen molar-refractivity contribution in [3.63, 3.8) is 0 Å². The number of nitrogens with zero attached hydrogens (tertiary/aromatic N) is 2. The molecule has 0 radical (unpaired) electrons. The van der Waals surface area contributed by atoms with Gasteiger partial charge in [0.15, 0.2) is 5.82 Å². The zero-order valence-electron chi connectivity index (χ0n) is 10.9. The Morgan fingerprint density at radius 3 is 2.68 bits per heavy atom. The number of aromatic nitrogens is 2. The molecule has 3 nitrogen and oxygen atoms in total. The minimum atomic E-state index is -0.297. The number of rotatable bonds is 4. The Hall–Kier alpha value is -1.49. The van der Waals surface area contributed by atoms with Crippen LogP contribution < -0.4 is 5.32 Å². The maximum Gasteiger partial charge on any atom is 0.162 e. The van der Waals surface area contributed by atoms with Gasteiger partial charge in [-0.05, 0) is 31.5 Å². The van der Waals surface area contributed by atoms with E-state index in [9.17, 15) is 4.39 Å². The third-order valence-corrected chi connectivity index (χ3v) is 3.36. The predicted molar refractivity (Wildman–Crippen MR) is 78.7 cm³/mol. The van der Waals surface area contributed by atoms with Gasteiger partial charge in [-0.2, -0.15) is 0 Å². The highest BCUT2D eigenvalue weighted by Gasteiger charge is 2.10. The lowest BCUT2D eigenvalue weighted by Crippen LogP contribution is -2.04. The number of hydrogen-bond acceptors (Lipinski definition) is 3. The topological polar surface area (TPSA) is 37.8 Å². The molecule has 0 aliphatic heterocycles. The van der Waals surface area contributed by atoms with Crippen molar-refractivity contribution >= 4 is 21.7 Å². The van der Waals surface area contributed by atoms with E-state index in [-0.39, 0.29) is 5.82 Å². The average molecular weight is 324 g/mol. The molecule has 0 amide bonds. The lowest BCUT2D eigenvalue weighted by molar-refractivity contribution is 0.628. The summed E-state index contributed by atoms with van der Waals surface area (Å²) in [5.41, 5.74) is 1.59. The van der Waals surface area contributed by atoms with E-state index in [0.29, 0.717) is 11.4 Å². The van der Waals surface area contributed by atoms with E-state index in [4.69, 9.17) is 0 Å². The Bertz CT molecular complexity index is 587.